The van der Waals surface area contributed by atoms with Crippen LogP contribution in [0.15, 0.2) is 36.4 Å². The highest BCUT2D eigenvalue weighted by atomic mass is 35.5. The molecule has 0 aliphatic carbocycles. The van der Waals surface area contributed by atoms with Gasteiger partial charge in [-0.25, -0.2) is 0 Å². The van der Waals surface area contributed by atoms with Crippen LogP contribution < -0.4 is 10.5 Å². The molecule has 104 valence electrons. The third kappa shape index (κ3) is 3.50. The fourth-order valence-electron chi connectivity index (χ4n) is 1.97. The number of hydrogen-bond acceptors (Lipinski definition) is 2. The molecule has 0 aromatic heterocycles. The fourth-order valence-corrected chi connectivity index (χ4v) is 2.21. The highest BCUT2D eigenvalue weighted by Crippen LogP contribution is 2.26. The van der Waals surface area contributed by atoms with E-state index in [9.17, 15) is 0 Å². The Bertz CT molecular complexity index is 632. The van der Waals surface area contributed by atoms with Crippen LogP contribution in [0, 0.1) is 13.8 Å². The molecule has 2 N–H and O–H groups in total. The highest BCUT2D eigenvalue weighted by Gasteiger charge is 2.04. The lowest BCUT2D eigenvalue weighted by Gasteiger charge is -2.10. The maximum Gasteiger partial charge on any atom is 0.120 e. The zero-order valence-electron chi connectivity index (χ0n) is 11.4. The molecule has 4 heteroatoms. The third-order valence-corrected chi connectivity index (χ3v) is 3.86. The summed E-state index contributed by atoms with van der Waals surface area (Å²) in [6.45, 7) is 4.41. The summed E-state index contributed by atoms with van der Waals surface area (Å²) < 4.78 is 5.80. The van der Waals surface area contributed by atoms with Crippen molar-refractivity contribution in [1.82, 2.24) is 0 Å². The average Bonchev–Trinajstić information content (AvgIpc) is 2.42. The summed E-state index contributed by atoms with van der Waals surface area (Å²) in [6.07, 6.45) is 0. The molecular weight excluding hydrogens is 290 g/mol. The maximum atomic E-state index is 6.14. The van der Waals surface area contributed by atoms with E-state index in [0.29, 0.717) is 11.6 Å². The molecule has 0 bridgehead atoms. The molecule has 20 heavy (non-hydrogen) atoms. The minimum absolute atomic E-state index is 0.394. The van der Waals surface area contributed by atoms with Crippen LogP contribution in [-0.4, -0.2) is 4.99 Å². The van der Waals surface area contributed by atoms with Crippen molar-refractivity contribution in [1.29, 1.82) is 0 Å². The molecule has 0 saturated carbocycles. The molecular formula is C16H16ClNOS. The highest BCUT2D eigenvalue weighted by molar-refractivity contribution is 7.80. The predicted octanol–water partition coefficient (Wildman–Crippen LogP) is 4.17. The molecule has 2 nitrogen and oxygen atoms in total. The van der Waals surface area contributed by atoms with Crippen LogP contribution in [0.1, 0.15) is 22.3 Å². The Morgan fingerprint density at radius 2 is 1.85 bits per heavy atom. The van der Waals surface area contributed by atoms with Crippen molar-refractivity contribution in [3.63, 3.8) is 0 Å². The van der Waals surface area contributed by atoms with Crippen LogP contribution in [0.3, 0.4) is 0 Å². The second-order valence-electron chi connectivity index (χ2n) is 4.72. The van der Waals surface area contributed by atoms with Crippen molar-refractivity contribution in [2.45, 2.75) is 20.5 Å². The Labute approximate surface area is 129 Å². The quantitative estimate of drug-likeness (QED) is 0.861. The molecule has 2 aromatic rings. The van der Waals surface area contributed by atoms with Gasteiger partial charge in [0, 0.05) is 10.6 Å². The Balaban J connectivity index is 2.13. The lowest BCUT2D eigenvalue weighted by molar-refractivity contribution is 0.306. The number of rotatable bonds is 4. The molecule has 2 rings (SSSR count). The number of aryl methyl sites for hydroxylation is 2. The number of halogens is 1. The zero-order valence-corrected chi connectivity index (χ0v) is 13.0. The average molecular weight is 306 g/mol. The Morgan fingerprint density at radius 1 is 1.20 bits per heavy atom. The van der Waals surface area contributed by atoms with Gasteiger partial charge in [0.15, 0.2) is 0 Å². The molecule has 0 heterocycles. The van der Waals surface area contributed by atoms with E-state index in [-0.39, 0.29) is 0 Å². The van der Waals surface area contributed by atoms with E-state index in [2.05, 4.69) is 0 Å². The van der Waals surface area contributed by atoms with Crippen molar-refractivity contribution >= 4 is 28.8 Å². The monoisotopic (exact) mass is 305 g/mol. The van der Waals surface area contributed by atoms with Crippen molar-refractivity contribution < 1.29 is 4.74 Å². The topological polar surface area (TPSA) is 35.2 Å². The number of thiocarbonyl (C=S) groups is 1. The second kappa shape index (κ2) is 6.25. The van der Waals surface area contributed by atoms with Gasteiger partial charge in [-0.15, -0.1) is 0 Å². The molecule has 0 aliphatic rings. The molecule has 0 saturated heterocycles. The molecule has 0 atom stereocenters. The smallest absolute Gasteiger partial charge is 0.120 e. The van der Waals surface area contributed by atoms with Crippen molar-refractivity contribution in [3.8, 4) is 5.75 Å². The van der Waals surface area contributed by atoms with Crippen LogP contribution in [0.4, 0.5) is 0 Å². The number of benzene rings is 2. The SMILES string of the molecule is Cc1cc(OCc2cccc(C(N)=S)c2)cc(C)c1Cl. The lowest BCUT2D eigenvalue weighted by atomic mass is 10.1. The van der Waals surface area contributed by atoms with E-state index in [1.165, 1.54) is 0 Å². The Hall–Kier alpha value is -1.58. The van der Waals surface area contributed by atoms with Crippen LogP contribution in [0.5, 0.6) is 5.75 Å². The molecule has 0 amide bonds. The first-order valence-corrected chi connectivity index (χ1v) is 7.04. The molecule has 0 aliphatic heterocycles. The first-order chi connectivity index (χ1) is 9.47. The number of nitrogens with two attached hydrogens (primary N) is 1. The van der Waals surface area contributed by atoms with E-state index in [4.69, 9.17) is 34.3 Å². The van der Waals surface area contributed by atoms with Crippen LogP contribution in [0.2, 0.25) is 5.02 Å². The van der Waals surface area contributed by atoms with Gasteiger partial charge in [0.05, 0.1) is 0 Å². The normalized spacial score (nSPS) is 10.3. The first kappa shape index (κ1) is 14.8. The summed E-state index contributed by atoms with van der Waals surface area (Å²) in [5.41, 5.74) is 9.53. The molecule has 2 aromatic carbocycles. The van der Waals surface area contributed by atoms with Crippen LogP contribution in [-0.2, 0) is 6.61 Å². The van der Waals surface area contributed by atoms with Gasteiger partial charge in [0.2, 0.25) is 0 Å². The van der Waals surface area contributed by atoms with Crippen molar-refractivity contribution in [2.24, 2.45) is 5.73 Å². The van der Waals surface area contributed by atoms with E-state index in [1.54, 1.807) is 0 Å². The van der Waals surface area contributed by atoms with Crippen molar-refractivity contribution in [3.05, 3.63) is 63.7 Å². The van der Waals surface area contributed by atoms with Crippen molar-refractivity contribution in [2.75, 3.05) is 0 Å². The van der Waals surface area contributed by atoms with Gasteiger partial charge < -0.3 is 10.5 Å². The van der Waals surface area contributed by atoms with E-state index < -0.39 is 0 Å². The van der Waals surface area contributed by atoms with E-state index in [0.717, 1.165) is 33.0 Å². The number of ether oxygens (including phenoxy) is 1. The van der Waals surface area contributed by atoms with Crippen LogP contribution >= 0.6 is 23.8 Å². The first-order valence-electron chi connectivity index (χ1n) is 6.25. The van der Waals surface area contributed by atoms with Gasteiger partial charge in [-0.2, -0.15) is 0 Å². The number of hydrogen-bond donors (Lipinski definition) is 1. The van der Waals surface area contributed by atoms with Crippen LogP contribution in [0.25, 0.3) is 0 Å². The Morgan fingerprint density at radius 3 is 2.45 bits per heavy atom. The van der Waals surface area contributed by atoms with Gasteiger partial charge in [-0.1, -0.05) is 42.0 Å². The summed E-state index contributed by atoms with van der Waals surface area (Å²) >= 11 is 11.1. The van der Waals surface area contributed by atoms with Gasteiger partial charge in [0.25, 0.3) is 0 Å². The van der Waals surface area contributed by atoms with E-state index in [1.807, 2.05) is 50.2 Å². The summed E-state index contributed by atoms with van der Waals surface area (Å²) in [5.74, 6) is 0.810. The van der Waals surface area contributed by atoms with Gasteiger partial charge in [-0.3, -0.25) is 0 Å². The largest absolute Gasteiger partial charge is 0.489 e. The van der Waals surface area contributed by atoms with Gasteiger partial charge >= 0.3 is 0 Å². The summed E-state index contributed by atoms with van der Waals surface area (Å²) in [4.78, 5) is 0.394. The van der Waals surface area contributed by atoms with Gasteiger partial charge in [0.1, 0.15) is 17.3 Å². The molecule has 0 fully saturated rings. The predicted molar refractivity (Wildman–Crippen MR) is 87.6 cm³/mol. The minimum Gasteiger partial charge on any atom is -0.489 e. The lowest BCUT2D eigenvalue weighted by Crippen LogP contribution is -2.09. The van der Waals surface area contributed by atoms with Gasteiger partial charge in [-0.05, 0) is 48.7 Å². The summed E-state index contributed by atoms with van der Waals surface area (Å²) in [5, 5.41) is 0.785. The molecule has 0 radical (unpaired) electrons. The maximum absolute atomic E-state index is 6.14. The standard InChI is InChI=1S/C16H16ClNOS/c1-10-6-14(7-11(2)15(10)17)19-9-12-4-3-5-13(8-12)16(18)20/h3-8H,9H2,1-2H3,(H2,18,20). The molecule has 0 unspecified atom stereocenters. The minimum atomic E-state index is 0.394. The third-order valence-electron chi connectivity index (χ3n) is 3.03. The van der Waals surface area contributed by atoms with E-state index >= 15 is 0 Å². The summed E-state index contributed by atoms with van der Waals surface area (Å²) in [6, 6.07) is 11.6. The fraction of sp³-hybridized carbons (Fsp3) is 0.188. The second-order valence-corrected chi connectivity index (χ2v) is 5.54. The summed E-state index contributed by atoms with van der Waals surface area (Å²) in [7, 11) is 0. The Kier molecular flexibility index (Phi) is 4.63. The zero-order chi connectivity index (χ0) is 14.7. The molecule has 0 spiro atoms.